The van der Waals surface area contributed by atoms with Crippen LogP contribution in [0.3, 0.4) is 0 Å². The molecular formula is C52H50N4. The minimum absolute atomic E-state index is 0.999. The van der Waals surface area contributed by atoms with E-state index in [0.29, 0.717) is 0 Å². The number of fused-ring (bicyclic) bond motifs is 6. The van der Waals surface area contributed by atoms with Gasteiger partial charge in [0.1, 0.15) is 0 Å². The Labute approximate surface area is 330 Å². The van der Waals surface area contributed by atoms with E-state index in [-0.39, 0.29) is 0 Å². The van der Waals surface area contributed by atoms with E-state index < -0.39 is 0 Å². The van der Waals surface area contributed by atoms with Gasteiger partial charge in [0.2, 0.25) is 0 Å². The molecule has 9 aromatic rings. The maximum Gasteiger partial charge on any atom is 0.0702 e. The van der Waals surface area contributed by atoms with Crippen LogP contribution in [0.25, 0.3) is 88.4 Å². The van der Waals surface area contributed by atoms with Crippen molar-refractivity contribution in [2.75, 3.05) is 0 Å². The summed E-state index contributed by atoms with van der Waals surface area (Å²) in [7, 11) is 0. The van der Waals surface area contributed by atoms with E-state index in [1.54, 1.807) is 0 Å². The average Bonchev–Trinajstić information content (AvgIpc) is 3.73. The number of rotatable bonds is 14. The fraction of sp³-hybridized carbons (Fsp3) is 0.231. The molecule has 0 bridgehead atoms. The number of nitrogens with zero attached hydrogens (tertiary/aromatic N) is 4. The second kappa shape index (κ2) is 16.0. The minimum Gasteiger partial charge on any atom is -0.340 e. The maximum atomic E-state index is 4.87. The monoisotopic (exact) mass is 730 g/mol. The fourth-order valence-corrected chi connectivity index (χ4v) is 8.60. The van der Waals surface area contributed by atoms with Crippen LogP contribution in [-0.2, 0) is 13.1 Å². The molecule has 0 N–H and O–H groups in total. The van der Waals surface area contributed by atoms with Gasteiger partial charge in [0.05, 0.1) is 11.4 Å². The summed E-state index contributed by atoms with van der Waals surface area (Å²) < 4.78 is 5.21. The van der Waals surface area contributed by atoms with Crippen LogP contribution in [-0.4, -0.2) is 19.1 Å². The molecule has 278 valence electrons. The van der Waals surface area contributed by atoms with Gasteiger partial charge in [-0.15, -0.1) is 0 Å². The van der Waals surface area contributed by atoms with Crippen molar-refractivity contribution in [3.8, 4) is 44.8 Å². The van der Waals surface area contributed by atoms with Gasteiger partial charge in [-0.1, -0.05) is 149 Å². The first-order chi connectivity index (χ1) is 27.7. The third-order valence-electron chi connectivity index (χ3n) is 11.7. The standard InChI is InChI=1S/C52H50N4/c1-3-5-7-15-29-55-49-31-39(41-23-27-47(53-35-41)37-17-11-9-12-18-37)21-25-43(49)45-34-52-46(33-51(45)55)44-26-22-40(32-50(44)56(52)30-16-8-6-4-2)42-24-28-48(54-36-42)38-19-13-10-14-20-38/h9-14,17-28,31-36H,3-8,15-16,29-30H2,1-2H3. The summed E-state index contributed by atoms with van der Waals surface area (Å²) in [5.74, 6) is 0. The smallest absolute Gasteiger partial charge is 0.0702 e. The van der Waals surface area contributed by atoms with E-state index in [9.17, 15) is 0 Å². The Morgan fingerprint density at radius 3 is 1.16 bits per heavy atom. The van der Waals surface area contributed by atoms with Crippen molar-refractivity contribution in [1.82, 2.24) is 19.1 Å². The third kappa shape index (κ3) is 6.90. The number of hydrogen-bond acceptors (Lipinski definition) is 2. The van der Waals surface area contributed by atoms with Crippen molar-refractivity contribution >= 4 is 43.6 Å². The van der Waals surface area contributed by atoms with E-state index in [0.717, 1.165) is 46.7 Å². The quantitative estimate of drug-likeness (QED) is 0.104. The van der Waals surface area contributed by atoms with E-state index in [4.69, 9.17) is 9.97 Å². The van der Waals surface area contributed by atoms with Crippen molar-refractivity contribution in [1.29, 1.82) is 0 Å². The number of pyridine rings is 2. The molecule has 0 saturated heterocycles. The summed E-state index contributed by atoms with van der Waals surface area (Å²) in [6.07, 6.45) is 13.9. The molecule has 0 spiro atoms. The lowest BCUT2D eigenvalue weighted by Crippen LogP contribution is -1.99. The molecule has 4 aromatic heterocycles. The molecule has 0 aliphatic carbocycles. The van der Waals surface area contributed by atoms with Crippen molar-refractivity contribution in [2.24, 2.45) is 0 Å². The molecule has 0 amide bonds. The zero-order chi connectivity index (χ0) is 37.8. The van der Waals surface area contributed by atoms with Gasteiger partial charge in [-0.05, 0) is 60.4 Å². The van der Waals surface area contributed by atoms with Gasteiger partial charge in [0.25, 0.3) is 0 Å². The summed E-state index contributed by atoms with van der Waals surface area (Å²) in [4.78, 5) is 9.75. The summed E-state index contributed by atoms with van der Waals surface area (Å²) in [6, 6.07) is 48.7. The molecule has 0 fully saturated rings. The molecular weight excluding hydrogens is 681 g/mol. The highest BCUT2D eigenvalue weighted by atomic mass is 15.0. The molecule has 0 aliphatic heterocycles. The van der Waals surface area contributed by atoms with Gasteiger partial charge < -0.3 is 9.13 Å². The van der Waals surface area contributed by atoms with Crippen LogP contribution in [0, 0.1) is 0 Å². The second-order valence-corrected chi connectivity index (χ2v) is 15.4. The van der Waals surface area contributed by atoms with E-state index >= 15 is 0 Å². The Balaban J connectivity index is 1.16. The first kappa shape index (κ1) is 35.7. The Morgan fingerprint density at radius 2 is 0.768 bits per heavy atom. The van der Waals surface area contributed by atoms with Gasteiger partial charge in [0, 0.05) is 91.3 Å². The lowest BCUT2D eigenvalue weighted by atomic mass is 10.0. The molecule has 4 heterocycles. The average molecular weight is 731 g/mol. The summed E-state index contributed by atoms with van der Waals surface area (Å²) >= 11 is 0. The van der Waals surface area contributed by atoms with Crippen molar-refractivity contribution < 1.29 is 0 Å². The van der Waals surface area contributed by atoms with Gasteiger partial charge in [-0.2, -0.15) is 0 Å². The van der Waals surface area contributed by atoms with Crippen LogP contribution in [0.2, 0.25) is 0 Å². The summed E-state index contributed by atoms with van der Waals surface area (Å²) in [5.41, 5.74) is 14.2. The highest BCUT2D eigenvalue weighted by Crippen LogP contribution is 2.40. The molecule has 4 heteroatoms. The van der Waals surface area contributed by atoms with Gasteiger partial charge >= 0.3 is 0 Å². The number of benzene rings is 5. The molecule has 0 aliphatic rings. The number of unbranched alkanes of at least 4 members (excludes halogenated alkanes) is 6. The van der Waals surface area contributed by atoms with Crippen LogP contribution in [0.4, 0.5) is 0 Å². The Morgan fingerprint density at radius 1 is 0.357 bits per heavy atom. The van der Waals surface area contributed by atoms with E-state index in [2.05, 4.69) is 144 Å². The largest absolute Gasteiger partial charge is 0.340 e. The van der Waals surface area contributed by atoms with Crippen LogP contribution < -0.4 is 0 Å². The highest BCUT2D eigenvalue weighted by molar-refractivity contribution is 6.18. The summed E-state index contributed by atoms with van der Waals surface area (Å²) in [5, 5.41) is 5.32. The molecule has 4 nitrogen and oxygen atoms in total. The van der Waals surface area contributed by atoms with E-state index in [1.165, 1.54) is 106 Å². The zero-order valence-electron chi connectivity index (χ0n) is 32.7. The molecule has 5 aromatic carbocycles. The second-order valence-electron chi connectivity index (χ2n) is 15.4. The van der Waals surface area contributed by atoms with Crippen LogP contribution in [0.5, 0.6) is 0 Å². The van der Waals surface area contributed by atoms with Crippen LogP contribution in [0.15, 0.2) is 146 Å². The maximum absolute atomic E-state index is 4.87. The summed E-state index contributed by atoms with van der Waals surface area (Å²) in [6.45, 7) is 6.60. The predicted molar refractivity (Wildman–Crippen MR) is 238 cm³/mol. The number of aryl methyl sites for hydroxylation is 2. The molecule has 56 heavy (non-hydrogen) atoms. The first-order valence-corrected chi connectivity index (χ1v) is 20.8. The van der Waals surface area contributed by atoms with E-state index in [1.807, 2.05) is 24.5 Å². The molecule has 0 radical (unpaired) electrons. The van der Waals surface area contributed by atoms with Gasteiger partial charge in [-0.3, -0.25) is 9.97 Å². The third-order valence-corrected chi connectivity index (χ3v) is 11.7. The lowest BCUT2D eigenvalue weighted by Gasteiger charge is -2.10. The number of aromatic nitrogens is 4. The van der Waals surface area contributed by atoms with Crippen LogP contribution >= 0.6 is 0 Å². The normalized spacial score (nSPS) is 11.8. The van der Waals surface area contributed by atoms with Crippen molar-refractivity contribution in [2.45, 2.75) is 78.3 Å². The van der Waals surface area contributed by atoms with Gasteiger partial charge in [0.15, 0.2) is 0 Å². The topological polar surface area (TPSA) is 35.6 Å². The first-order valence-electron chi connectivity index (χ1n) is 20.8. The highest BCUT2D eigenvalue weighted by Gasteiger charge is 2.18. The minimum atomic E-state index is 0.999. The van der Waals surface area contributed by atoms with Crippen LogP contribution in [0.1, 0.15) is 65.2 Å². The molecule has 0 atom stereocenters. The van der Waals surface area contributed by atoms with Crippen molar-refractivity contribution in [3.63, 3.8) is 0 Å². The molecule has 9 rings (SSSR count). The Hall–Kier alpha value is -6.00. The molecule has 0 saturated carbocycles. The van der Waals surface area contributed by atoms with Gasteiger partial charge in [-0.25, -0.2) is 0 Å². The SMILES string of the molecule is CCCCCCn1c2cc(-c3ccc(-c4ccccc4)nc3)ccc2c2cc3c(cc21)c1ccc(-c2ccc(-c4ccccc4)nc2)cc1n3CCCCCC. The zero-order valence-corrected chi connectivity index (χ0v) is 32.7. The predicted octanol–water partition coefficient (Wildman–Crippen LogP) is 14.5. The lowest BCUT2D eigenvalue weighted by molar-refractivity contribution is 0.602. The number of hydrogen-bond donors (Lipinski definition) is 0. The fourth-order valence-electron chi connectivity index (χ4n) is 8.60. The Bertz CT molecular complexity index is 2550. The van der Waals surface area contributed by atoms with Crippen molar-refractivity contribution in [3.05, 3.63) is 146 Å². The Kier molecular flexibility index (Phi) is 10.2. The molecule has 0 unspecified atom stereocenters.